The molecule has 1 amide bonds. The molecule has 0 radical (unpaired) electrons. The van der Waals surface area contributed by atoms with Crippen molar-refractivity contribution < 1.29 is 4.79 Å². The van der Waals surface area contributed by atoms with Crippen LogP contribution in [0.1, 0.15) is 82.8 Å². The number of aromatic nitrogens is 3. The normalized spacial score (nSPS) is 16.4. The summed E-state index contributed by atoms with van der Waals surface area (Å²) in [5, 5.41) is 1.83. The summed E-state index contributed by atoms with van der Waals surface area (Å²) < 4.78 is 2.02. The molecule has 1 aliphatic rings. The first-order valence-electron chi connectivity index (χ1n) is 9.38. The summed E-state index contributed by atoms with van der Waals surface area (Å²) in [6.45, 7) is 11.9. The quantitative estimate of drug-likeness (QED) is 0.814. The highest BCUT2D eigenvalue weighted by molar-refractivity contribution is 5.87. The Balaban J connectivity index is 2.30. The van der Waals surface area contributed by atoms with Crippen molar-refractivity contribution in [3.63, 3.8) is 0 Å². The minimum atomic E-state index is -0.345. The fourth-order valence-corrected chi connectivity index (χ4v) is 4.10. The first-order valence-corrected chi connectivity index (χ1v) is 9.38. The maximum Gasteiger partial charge on any atom is 0.238 e. The van der Waals surface area contributed by atoms with E-state index in [1.807, 2.05) is 16.6 Å². The largest absolute Gasteiger partial charge is 0.273 e. The number of amides is 1. The molecule has 136 valence electrons. The Kier molecular flexibility index (Phi) is 4.60. The van der Waals surface area contributed by atoms with Crippen molar-refractivity contribution in [3.05, 3.63) is 23.1 Å². The lowest BCUT2D eigenvalue weighted by atomic mass is 9.89. The van der Waals surface area contributed by atoms with Gasteiger partial charge in [0.1, 0.15) is 11.3 Å². The van der Waals surface area contributed by atoms with Gasteiger partial charge in [-0.15, -0.1) is 0 Å². The summed E-state index contributed by atoms with van der Waals surface area (Å²) in [6, 6.07) is 2.07. The molecule has 0 N–H and O–H groups in total. The molecule has 3 rings (SSSR count). The van der Waals surface area contributed by atoms with Gasteiger partial charge in [-0.2, -0.15) is 0 Å². The third-order valence-electron chi connectivity index (χ3n) is 5.04. The summed E-state index contributed by atoms with van der Waals surface area (Å²) in [5.41, 5.74) is 3.46. The van der Waals surface area contributed by atoms with Crippen molar-refractivity contribution in [2.24, 2.45) is 0 Å². The Morgan fingerprint density at radius 1 is 1.16 bits per heavy atom. The van der Waals surface area contributed by atoms with Gasteiger partial charge in [0.05, 0.1) is 5.54 Å². The van der Waals surface area contributed by atoms with Gasteiger partial charge >= 0.3 is 0 Å². The molecule has 5 heteroatoms. The molecule has 0 aromatic carbocycles. The third kappa shape index (κ3) is 3.29. The zero-order valence-electron chi connectivity index (χ0n) is 16.4. The lowest BCUT2D eigenvalue weighted by molar-refractivity contribution is -0.119. The van der Waals surface area contributed by atoms with Gasteiger partial charge in [0.2, 0.25) is 5.91 Å². The summed E-state index contributed by atoms with van der Waals surface area (Å²) >= 11 is 0. The van der Waals surface area contributed by atoms with Crippen LogP contribution in [0.2, 0.25) is 0 Å². The van der Waals surface area contributed by atoms with Crippen LogP contribution in [0.3, 0.4) is 0 Å². The van der Waals surface area contributed by atoms with Gasteiger partial charge in [-0.05, 0) is 59.1 Å². The molecule has 0 saturated heterocycles. The molecule has 0 bridgehead atoms. The van der Waals surface area contributed by atoms with Crippen LogP contribution in [0.5, 0.6) is 0 Å². The standard InChI is InChI=1S/C20H30N4O/c1-13-12-14(2)21-19-17(13)22-18(16-10-8-7-9-11-16)23(19)24(15(3)25)20(4,5)6/h12,16H,7-11H2,1-6H3. The Morgan fingerprint density at radius 3 is 2.36 bits per heavy atom. The molecular weight excluding hydrogens is 312 g/mol. The average Bonchev–Trinajstić information content (AvgIpc) is 2.86. The van der Waals surface area contributed by atoms with Gasteiger partial charge in [-0.25, -0.2) is 19.7 Å². The van der Waals surface area contributed by atoms with Crippen LogP contribution >= 0.6 is 0 Å². The second-order valence-corrected chi connectivity index (χ2v) is 8.37. The molecule has 0 spiro atoms. The molecule has 2 aromatic rings. The van der Waals surface area contributed by atoms with E-state index in [1.54, 1.807) is 6.92 Å². The van der Waals surface area contributed by atoms with E-state index in [1.165, 1.54) is 19.3 Å². The lowest BCUT2D eigenvalue weighted by Crippen LogP contribution is -2.53. The second kappa shape index (κ2) is 6.43. The minimum absolute atomic E-state index is 0.0184. The van der Waals surface area contributed by atoms with Crippen LogP contribution in [0.4, 0.5) is 0 Å². The van der Waals surface area contributed by atoms with E-state index in [0.29, 0.717) is 5.92 Å². The summed E-state index contributed by atoms with van der Waals surface area (Å²) in [5.74, 6) is 1.41. The lowest BCUT2D eigenvalue weighted by Gasteiger charge is -2.37. The predicted molar refractivity (Wildman–Crippen MR) is 101 cm³/mol. The zero-order chi connectivity index (χ0) is 18.4. The number of fused-ring (bicyclic) bond motifs is 1. The Morgan fingerprint density at radius 2 is 1.80 bits per heavy atom. The van der Waals surface area contributed by atoms with Gasteiger partial charge in [-0.3, -0.25) is 4.79 Å². The molecule has 1 saturated carbocycles. The van der Waals surface area contributed by atoms with Crippen LogP contribution in [0, 0.1) is 13.8 Å². The molecule has 25 heavy (non-hydrogen) atoms. The maximum absolute atomic E-state index is 12.6. The van der Waals surface area contributed by atoms with Crippen LogP contribution in [-0.2, 0) is 4.79 Å². The van der Waals surface area contributed by atoms with Crippen molar-refractivity contribution in [1.29, 1.82) is 0 Å². The summed E-state index contributed by atoms with van der Waals surface area (Å²) in [7, 11) is 0. The van der Waals surface area contributed by atoms with Gasteiger partial charge in [0.25, 0.3) is 0 Å². The van der Waals surface area contributed by atoms with Gasteiger partial charge in [0, 0.05) is 18.5 Å². The molecule has 1 aliphatic carbocycles. The highest BCUT2D eigenvalue weighted by Crippen LogP contribution is 2.35. The predicted octanol–water partition coefficient (Wildman–Crippen LogP) is 4.38. The number of carbonyl (C=O) groups excluding carboxylic acids is 1. The van der Waals surface area contributed by atoms with E-state index in [2.05, 4.69) is 33.8 Å². The number of hydrogen-bond donors (Lipinski definition) is 0. The third-order valence-corrected chi connectivity index (χ3v) is 5.04. The Hall–Kier alpha value is -1.91. The van der Waals surface area contributed by atoms with Crippen molar-refractivity contribution >= 4 is 17.1 Å². The van der Waals surface area contributed by atoms with E-state index in [0.717, 1.165) is 41.1 Å². The first-order chi connectivity index (χ1) is 11.7. The zero-order valence-corrected chi connectivity index (χ0v) is 16.4. The molecular formula is C20H30N4O. The van der Waals surface area contributed by atoms with E-state index in [9.17, 15) is 4.79 Å². The Labute approximate surface area is 150 Å². The molecule has 2 heterocycles. The smallest absolute Gasteiger partial charge is 0.238 e. The van der Waals surface area contributed by atoms with Crippen LogP contribution < -0.4 is 5.01 Å². The molecule has 1 fully saturated rings. The Bertz CT molecular complexity index is 794. The summed E-state index contributed by atoms with van der Waals surface area (Å²) in [6.07, 6.45) is 6.03. The number of imidazole rings is 1. The molecule has 2 aromatic heterocycles. The fraction of sp³-hybridized carbons (Fsp3) is 0.650. The number of carbonyl (C=O) groups is 1. The van der Waals surface area contributed by atoms with Crippen molar-refractivity contribution in [2.45, 2.75) is 85.1 Å². The van der Waals surface area contributed by atoms with Crippen molar-refractivity contribution in [3.8, 4) is 0 Å². The maximum atomic E-state index is 12.6. The number of hydrogen-bond acceptors (Lipinski definition) is 3. The van der Waals surface area contributed by atoms with E-state index < -0.39 is 0 Å². The number of rotatable bonds is 2. The number of pyridine rings is 1. The minimum Gasteiger partial charge on any atom is -0.273 e. The van der Waals surface area contributed by atoms with Crippen LogP contribution in [-0.4, -0.2) is 26.1 Å². The number of aryl methyl sites for hydroxylation is 2. The fourth-order valence-electron chi connectivity index (χ4n) is 4.10. The number of nitrogens with zero attached hydrogens (tertiary/aromatic N) is 4. The molecule has 5 nitrogen and oxygen atoms in total. The second-order valence-electron chi connectivity index (χ2n) is 8.37. The highest BCUT2D eigenvalue weighted by atomic mass is 16.2. The van der Waals surface area contributed by atoms with Crippen LogP contribution in [0.15, 0.2) is 6.07 Å². The molecule has 0 aliphatic heterocycles. The highest BCUT2D eigenvalue weighted by Gasteiger charge is 2.33. The molecule has 0 unspecified atom stereocenters. The van der Waals surface area contributed by atoms with Crippen molar-refractivity contribution in [2.75, 3.05) is 5.01 Å². The molecule has 0 atom stereocenters. The first kappa shape index (κ1) is 17.9. The average molecular weight is 342 g/mol. The topological polar surface area (TPSA) is 51.0 Å². The monoisotopic (exact) mass is 342 g/mol. The van der Waals surface area contributed by atoms with Gasteiger partial charge in [-0.1, -0.05) is 19.3 Å². The van der Waals surface area contributed by atoms with Crippen molar-refractivity contribution in [1.82, 2.24) is 14.6 Å². The summed E-state index contributed by atoms with van der Waals surface area (Å²) in [4.78, 5) is 22.4. The van der Waals surface area contributed by atoms with E-state index >= 15 is 0 Å². The van der Waals surface area contributed by atoms with Crippen LogP contribution in [0.25, 0.3) is 11.2 Å². The van der Waals surface area contributed by atoms with Gasteiger partial charge < -0.3 is 0 Å². The van der Waals surface area contributed by atoms with E-state index in [-0.39, 0.29) is 11.4 Å². The SMILES string of the molecule is CC(=O)N(n1c(C2CCCCC2)nc2c(C)cc(C)nc21)C(C)(C)C. The van der Waals surface area contributed by atoms with Gasteiger partial charge in [0.15, 0.2) is 5.65 Å². The van der Waals surface area contributed by atoms with E-state index in [4.69, 9.17) is 9.97 Å².